The fraction of sp³-hybridized carbons (Fsp3) is 0.625. The monoisotopic (exact) mass is 295 g/mol. The van der Waals surface area contributed by atoms with E-state index >= 15 is 0 Å². The Balaban J connectivity index is 2.21. The minimum absolute atomic E-state index is 0.317. The maximum Gasteiger partial charge on any atom is 0.0459 e. The summed E-state index contributed by atoms with van der Waals surface area (Å²) in [6.07, 6.45) is 4.71. The molecule has 0 aliphatic heterocycles. The molecule has 0 spiro atoms. The highest BCUT2D eigenvalue weighted by molar-refractivity contribution is 6.31. The Morgan fingerprint density at radius 3 is 2.45 bits per heavy atom. The van der Waals surface area contributed by atoms with Crippen LogP contribution in [0.5, 0.6) is 0 Å². The molecule has 0 aromatic heterocycles. The standard InChI is InChI=1S/C16H26ClN3/c1-19(2)16(9-5-10-16)12-20(3)15-7-4-6-14(17)13(15)8-11-18/h4,6-7H,5,8-12,18H2,1-3H3. The van der Waals surface area contributed by atoms with Crippen LogP contribution in [0.2, 0.25) is 5.02 Å². The molecule has 3 nitrogen and oxygen atoms in total. The van der Waals surface area contributed by atoms with Gasteiger partial charge in [0.05, 0.1) is 0 Å². The molecule has 1 aromatic carbocycles. The van der Waals surface area contributed by atoms with Crippen molar-refractivity contribution in [2.45, 2.75) is 31.2 Å². The summed E-state index contributed by atoms with van der Waals surface area (Å²) in [6.45, 7) is 1.67. The second-order valence-corrected chi connectivity index (χ2v) is 6.51. The van der Waals surface area contributed by atoms with Gasteiger partial charge in [-0.1, -0.05) is 17.7 Å². The summed E-state index contributed by atoms with van der Waals surface area (Å²) in [7, 11) is 6.53. The molecule has 1 aliphatic rings. The summed E-state index contributed by atoms with van der Waals surface area (Å²) in [5.41, 5.74) is 8.43. The minimum atomic E-state index is 0.317. The largest absolute Gasteiger partial charge is 0.372 e. The van der Waals surface area contributed by atoms with Crippen LogP contribution >= 0.6 is 11.6 Å². The summed E-state index contributed by atoms with van der Waals surface area (Å²) in [4.78, 5) is 4.72. The fourth-order valence-electron chi connectivity index (χ4n) is 3.16. The number of hydrogen-bond acceptors (Lipinski definition) is 3. The first-order valence-electron chi connectivity index (χ1n) is 7.36. The molecule has 0 bridgehead atoms. The number of anilines is 1. The van der Waals surface area contributed by atoms with Crippen LogP contribution < -0.4 is 10.6 Å². The Morgan fingerprint density at radius 1 is 1.25 bits per heavy atom. The van der Waals surface area contributed by atoms with Crippen molar-refractivity contribution in [3.05, 3.63) is 28.8 Å². The molecule has 2 N–H and O–H groups in total. The number of nitrogens with two attached hydrogens (primary N) is 1. The molecule has 112 valence electrons. The van der Waals surface area contributed by atoms with E-state index in [9.17, 15) is 0 Å². The third-order valence-electron chi connectivity index (χ3n) is 4.66. The molecule has 1 aromatic rings. The summed E-state index contributed by atoms with van der Waals surface area (Å²) in [5, 5.41) is 0.826. The molecule has 20 heavy (non-hydrogen) atoms. The number of likely N-dealkylation sites (N-methyl/N-ethyl adjacent to an activating group) is 2. The Kier molecular flexibility index (Phi) is 4.95. The van der Waals surface area contributed by atoms with Gasteiger partial charge < -0.3 is 15.5 Å². The Morgan fingerprint density at radius 2 is 1.95 bits per heavy atom. The molecule has 0 amide bonds. The van der Waals surface area contributed by atoms with Gasteiger partial charge in [0.1, 0.15) is 0 Å². The summed E-state index contributed by atoms with van der Waals surface area (Å²) >= 11 is 6.34. The zero-order chi connectivity index (χ0) is 14.8. The highest BCUT2D eigenvalue weighted by Crippen LogP contribution is 2.38. The molecular weight excluding hydrogens is 270 g/mol. The highest BCUT2D eigenvalue weighted by Gasteiger charge is 2.40. The lowest BCUT2D eigenvalue weighted by Crippen LogP contribution is -2.56. The molecule has 0 saturated heterocycles. The van der Waals surface area contributed by atoms with Crippen LogP contribution in [0.3, 0.4) is 0 Å². The van der Waals surface area contributed by atoms with Crippen molar-refractivity contribution in [3.63, 3.8) is 0 Å². The third-order valence-corrected chi connectivity index (χ3v) is 5.02. The van der Waals surface area contributed by atoms with E-state index in [1.54, 1.807) is 0 Å². The second kappa shape index (κ2) is 6.33. The summed E-state index contributed by atoms with van der Waals surface area (Å²) in [6, 6.07) is 6.13. The van der Waals surface area contributed by atoms with E-state index in [2.05, 4.69) is 37.0 Å². The van der Waals surface area contributed by atoms with E-state index in [1.807, 2.05) is 12.1 Å². The average Bonchev–Trinajstić information content (AvgIpc) is 2.35. The van der Waals surface area contributed by atoms with Crippen molar-refractivity contribution in [1.82, 2.24) is 4.90 Å². The van der Waals surface area contributed by atoms with Crippen LogP contribution in [0.4, 0.5) is 5.69 Å². The summed E-state index contributed by atoms with van der Waals surface area (Å²) < 4.78 is 0. The van der Waals surface area contributed by atoms with E-state index in [-0.39, 0.29) is 0 Å². The van der Waals surface area contributed by atoms with Crippen molar-refractivity contribution in [2.75, 3.05) is 39.1 Å². The van der Waals surface area contributed by atoms with E-state index in [0.29, 0.717) is 12.1 Å². The van der Waals surface area contributed by atoms with E-state index in [0.717, 1.165) is 18.0 Å². The van der Waals surface area contributed by atoms with Crippen LogP contribution in [0, 0.1) is 0 Å². The quantitative estimate of drug-likeness (QED) is 0.876. The Labute approximate surface area is 127 Å². The van der Waals surface area contributed by atoms with Crippen LogP contribution in [-0.4, -0.2) is 44.7 Å². The molecule has 0 atom stereocenters. The van der Waals surface area contributed by atoms with Crippen molar-refractivity contribution >= 4 is 17.3 Å². The lowest BCUT2D eigenvalue weighted by atomic mass is 9.75. The second-order valence-electron chi connectivity index (χ2n) is 6.10. The smallest absolute Gasteiger partial charge is 0.0459 e. The number of nitrogens with zero attached hydrogens (tertiary/aromatic N) is 2. The first-order valence-corrected chi connectivity index (χ1v) is 7.74. The third kappa shape index (κ3) is 2.95. The van der Waals surface area contributed by atoms with Gasteiger partial charge in [0.2, 0.25) is 0 Å². The van der Waals surface area contributed by atoms with Gasteiger partial charge >= 0.3 is 0 Å². The molecule has 2 rings (SSSR count). The summed E-state index contributed by atoms with van der Waals surface area (Å²) in [5.74, 6) is 0. The zero-order valence-corrected chi connectivity index (χ0v) is 13.6. The minimum Gasteiger partial charge on any atom is -0.372 e. The SMILES string of the molecule is CN(CC1(N(C)C)CCC1)c1cccc(Cl)c1CCN. The molecule has 1 aliphatic carbocycles. The predicted molar refractivity (Wildman–Crippen MR) is 87.7 cm³/mol. The van der Waals surface area contributed by atoms with Gasteiger partial charge in [-0.05, 0) is 64.0 Å². The normalized spacial score (nSPS) is 17.1. The molecule has 0 heterocycles. The molecule has 0 unspecified atom stereocenters. The van der Waals surface area contributed by atoms with E-state index in [4.69, 9.17) is 17.3 Å². The number of benzene rings is 1. The van der Waals surface area contributed by atoms with Gasteiger partial charge in [-0.15, -0.1) is 0 Å². The lowest BCUT2D eigenvalue weighted by Gasteiger charge is -2.49. The van der Waals surface area contributed by atoms with Crippen molar-refractivity contribution in [2.24, 2.45) is 5.73 Å². The Bertz CT molecular complexity index is 455. The molecule has 1 saturated carbocycles. The fourth-order valence-corrected chi connectivity index (χ4v) is 3.42. The van der Waals surface area contributed by atoms with Gasteiger partial charge in [0.15, 0.2) is 0 Å². The molecule has 1 fully saturated rings. The maximum absolute atomic E-state index is 6.34. The van der Waals surface area contributed by atoms with Crippen molar-refractivity contribution < 1.29 is 0 Å². The zero-order valence-electron chi connectivity index (χ0n) is 12.8. The molecular formula is C16H26ClN3. The van der Waals surface area contributed by atoms with Crippen molar-refractivity contribution in [1.29, 1.82) is 0 Å². The van der Waals surface area contributed by atoms with Crippen LogP contribution in [0.1, 0.15) is 24.8 Å². The highest BCUT2D eigenvalue weighted by atomic mass is 35.5. The first kappa shape index (κ1) is 15.6. The number of rotatable bonds is 6. The van der Waals surface area contributed by atoms with Crippen LogP contribution in [0.25, 0.3) is 0 Å². The topological polar surface area (TPSA) is 32.5 Å². The maximum atomic E-state index is 6.34. The lowest BCUT2D eigenvalue weighted by molar-refractivity contribution is 0.0683. The van der Waals surface area contributed by atoms with Gasteiger partial charge in [-0.3, -0.25) is 0 Å². The number of hydrogen-bond donors (Lipinski definition) is 1. The van der Waals surface area contributed by atoms with Crippen molar-refractivity contribution in [3.8, 4) is 0 Å². The average molecular weight is 296 g/mol. The number of halogens is 1. The van der Waals surface area contributed by atoms with E-state index < -0.39 is 0 Å². The van der Waals surface area contributed by atoms with Crippen LogP contribution in [0.15, 0.2) is 18.2 Å². The molecule has 4 heteroatoms. The van der Waals surface area contributed by atoms with Crippen LogP contribution in [-0.2, 0) is 6.42 Å². The van der Waals surface area contributed by atoms with Gasteiger partial charge in [-0.25, -0.2) is 0 Å². The van der Waals surface area contributed by atoms with Gasteiger partial charge in [0.25, 0.3) is 0 Å². The van der Waals surface area contributed by atoms with Gasteiger partial charge in [-0.2, -0.15) is 0 Å². The first-order chi connectivity index (χ1) is 9.50. The predicted octanol–water partition coefficient (Wildman–Crippen LogP) is 2.76. The Hall–Kier alpha value is -0.770. The molecule has 0 radical (unpaired) electrons. The van der Waals surface area contributed by atoms with E-state index in [1.165, 1.54) is 30.5 Å². The van der Waals surface area contributed by atoms with Gasteiger partial charge in [0, 0.05) is 29.8 Å².